The Morgan fingerprint density at radius 3 is 2.34 bits per heavy atom. The van der Waals surface area contributed by atoms with E-state index in [1.165, 1.54) is 17.2 Å². The van der Waals surface area contributed by atoms with Crippen molar-refractivity contribution in [3.63, 3.8) is 0 Å². The Morgan fingerprint density at radius 2 is 1.62 bits per heavy atom. The molecular formula is C25H31ClFN3O2. The molecule has 32 heavy (non-hydrogen) atoms. The smallest absolute Gasteiger partial charge is 0.223 e. The SMILES string of the molecule is O=C(NCc1ccccc1CN1CCOCC1)C1CCN(Cc2ccc(Cl)cc2F)CC1. The summed E-state index contributed by atoms with van der Waals surface area (Å²) in [5, 5.41) is 3.56. The fourth-order valence-electron chi connectivity index (χ4n) is 4.46. The Morgan fingerprint density at radius 1 is 0.969 bits per heavy atom. The first kappa shape index (κ1) is 23.2. The van der Waals surface area contributed by atoms with Crippen LogP contribution in [0.15, 0.2) is 42.5 Å². The number of nitrogens with one attached hydrogen (secondary N) is 1. The van der Waals surface area contributed by atoms with Gasteiger partial charge in [0.15, 0.2) is 0 Å². The summed E-state index contributed by atoms with van der Waals surface area (Å²) in [6.45, 7) is 7.00. The van der Waals surface area contributed by atoms with Crippen LogP contribution in [-0.4, -0.2) is 55.1 Å². The minimum absolute atomic E-state index is 0.00715. The van der Waals surface area contributed by atoms with Crippen molar-refractivity contribution in [2.24, 2.45) is 5.92 Å². The molecule has 2 aromatic rings. The normalized spacial score (nSPS) is 18.6. The van der Waals surface area contributed by atoms with E-state index < -0.39 is 0 Å². The third-order valence-corrected chi connectivity index (χ3v) is 6.67. The molecule has 2 saturated heterocycles. The lowest BCUT2D eigenvalue weighted by Crippen LogP contribution is -2.40. The molecule has 7 heteroatoms. The average Bonchev–Trinajstić information content (AvgIpc) is 2.81. The fourth-order valence-corrected chi connectivity index (χ4v) is 4.61. The van der Waals surface area contributed by atoms with Gasteiger partial charge in [0.1, 0.15) is 5.82 Å². The van der Waals surface area contributed by atoms with Crippen LogP contribution in [0, 0.1) is 11.7 Å². The second-order valence-electron chi connectivity index (χ2n) is 8.66. The first-order chi connectivity index (χ1) is 15.6. The molecule has 0 saturated carbocycles. The van der Waals surface area contributed by atoms with Gasteiger partial charge < -0.3 is 10.1 Å². The summed E-state index contributed by atoms with van der Waals surface area (Å²) in [6, 6.07) is 13.1. The third kappa shape index (κ3) is 6.29. The van der Waals surface area contributed by atoms with Crippen molar-refractivity contribution in [3.05, 3.63) is 70.0 Å². The summed E-state index contributed by atoms with van der Waals surface area (Å²) in [4.78, 5) is 17.4. The largest absolute Gasteiger partial charge is 0.379 e. The quantitative estimate of drug-likeness (QED) is 0.683. The summed E-state index contributed by atoms with van der Waals surface area (Å²) >= 11 is 5.84. The number of amides is 1. The predicted molar refractivity (Wildman–Crippen MR) is 124 cm³/mol. The Balaban J connectivity index is 1.25. The molecule has 0 aromatic heterocycles. The van der Waals surface area contributed by atoms with E-state index in [0.29, 0.717) is 23.7 Å². The van der Waals surface area contributed by atoms with Crippen LogP contribution in [0.2, 0.25) is 5.02 Å². The molecule has 2 heterocycles. The van der Waals surface area contributed by atoms with Gasteiger partial charge in [-0.15, -0.1) is 0 Å². The van der Waals surface area contributed by atoms with Crippen LogP contribution in [-0.2, 0) is 29.2 Å². The number of benzene rings is 2. The minimum Gasteiger partial charge on any atom is -0.379 e. The van der Waals surface area contributed by atoms with Crippen LogP contribution in [0.5, 0.6) is 0 Å². The number of ether oxygens (including phenoxy) is 1. The van der Waals surface area contributed by atoms with Crippen LogP contribution in [0.25, 0.3) is 0 Å². The number of hydrogen-bond acceptors (Lipinski definition) is 4. The second-order valence-corrected chi connectivity index (χ2v) is 9.10. The van der Waals surface area contributed by atoms with E-state index in [2.05, 4.69) is 33.3 Å². The standard InChI is InChI=1S/C25H31ClFN3O2/c26-23-6-5-22(24(27)15-23)18-29-9-7-19(8-10-29)25(31)28-16-20-3-1-2-4-21(20)17-30-11-13-32-14-12-30/h1-6,15,19H,7-14,16-18H2,(H,28,31). The lowest BCUT2D eigenvalue weighted by Gasteiger charge is -2.31. The molecule has 0 radical (unpaired) electrons. The molecule has 4 rings (SSSR count). The number of hydrogen-bond donors (Lipinski definition) is 1. The summed E-state index contributed by atoms with van der Waals surface area (Å²) in [7, 11) is 0. The fraction of sp³-hybridized carbons (Fsp3) is 0.480. The number of carbonyl (C=O) groups is 1. The van der Waals surface area contributed by atoms with Gasteiger partial charge in [0, 0.05) is 49.2 Å². The highest BCUT2D eigenvalue weighted by molar-refractivity contribution is 6.30. The number of rotatable bonds is 7. The lowest BCUT2D eigenvalue weighted by molar-refractivity contribution is -0.126. The lowest BCUT2D eigenvalue weighted by atomic mass is 9.95. The minimum atomic E-state index is -0.270. The Hall–Kier alpha value is -1.99. The van der Waals surface area contributed by atoms with Crippen molar-refractivity contribution in [3.8, 4) is 0 Å². The number of morpholine rings is 1. The zero-order valence-electron chi connectivity index (χ0n) is 18.4. The van der Waals surface area contributed by atoms with Gasteiger partial charge in [-0.2, -0.15) is 0 Å². The topological polar surface area (TPSA) is 44.8 Å². The van der Waals surface area contributed by atoms with Crippen LogP contribution in [0.1, 0.15) is 29.5 Å². The van der Waals surface area contributed by atoms with Gasteiger partial charge in [0.25, 0.3) is 0 Å². The van der Waals surface area contributed by atoms with Crippen molar-refractivity contribution in [2.75, 3.05) is 39.4 Å². The van der Waals surface area contributed by atoms with Crippen molar-refractivity contribution >= 4 is 17.5 Å². The number of nitrogens with zero attached hydrogens (tertiary/aromatic N) is 2. The van der Waals surface area contributed by atoms with Crippen LogP contribution in [0.4, 0.5) is 4.39 Å². The van der Waals surface area contributed by atoms with Crippen molar-refractivity contribution in [1.82, 2.24) is 15.1 Å². The van der Waals surface area contributed by atoms with E-state index in [9.17, 15) is 9.18 Å². The molecule has 0 atom stereocenters. The first-order valence-electron chi connectivity index (χ1n) is 11.4. The molecule has 1 amide bonds. The van der Waals surface area contributed by atoms with Crippen LogP contribution >= 0.6 is 11.6 Å². The summed E-state index contributed by atoms with van der Waals surface area (Å²) in [6.07, 6.45) is 1.58. The Bertz CT molecular complexity index is 912. The number of likely N-dealkylation sites (tertiary alicyclic amines) is 1. The molecule has 0 bridgehead atoms. The van der Waals surface area contributed by atoms with E-state index in [-0.39, 0.29) is 17.6 Å². The maximum absolute atomic E-state index is 14.1. The molecule has 0 aliphatic carbocycles. The molecule has 5 nitrogen and oxygen atoms in total. The maximum Gasteiger partial charge on any atom is 0.223 e. The monoisotopic (exact) mass is 459 g/mol. The molecule has 1 N–H and O–H groups in total. The highest BCUT2D eigenvalue weighted by atomic mass is 35.5. The van der Waals surface area contributed by atoms with E-state index in [1.807, 2.05) is 6.07 Å². The van der Waals surface area contributed by atoms with Gasteiger partial charge in [0.2, 0.25) is 5.91 Å². The van der Waals surface area contributed by atoms with Crippen LogP contribution < -0.4 is 5.32 Å². The third-order valence-electron chi connectivity index (χ3n) is 6.44. The second kappa shape index (κ2) is 11.2. The van der Waals surface area contributed by atoms with Crippen LogP contribution in [0.3, 0.4) is 0 Å². The van der Waals surface area contributed by atoms with Gasteiger partial charge >= 0.3 is 0 Å². The Labute approximate surface area is 194 Å². The van der Waals surface area contributed by atoms with Gasteiger partial charge in [-0.25, -0.2) is 4.39 Å². The number of halogens is 2. The zero-order chi connectivity index (χ0) is 22.3. The van der Waals surface area contributed by atoms with Gasteiger partial charge in [-0.3, -0.25) is 14.6 Å². The predicted octanol–water partition coefficient (Wildman–Crippen LogP) is 3.84. The molecule has 2 aromatic carbocycles. The van der Waals surface area contributed by atoms with E-state index in [4.69, 9.17) is 16.3 Å². The maximum atomic E-state index is 14.1. The first-order valence-corrected chi connectivity index (χ1v) is 11.8. The zero-order valence-corrected chi connectivity index (χ0v) is 19.1. The van der Waals surface area contributed by atoms with Gasteiger partial charge in [-0.05, 0) is 49.2 Å². The molecule has 2 aliphatic rings. The molecule has 2 fully saturated rings. The number of piperidine rings is 1. The van der Waals surface area contributed by atoms with Crippen molar-refractivity contribution in [1.29, 1.82) is 0 Å². The van der Waals surface area contributed by atoms with E-state index in [1.54, 1.807) is 12.1 Å². The van der Waals surface area contributed by atoms with Crippen molar-refractivity contribution < 1.29 is 13.9 Å². The van der Waals surface area contributed by atoms with Gasteiger partial charge in [0.05, 0.1) is 13.2 Å². The summed E-state index contributed by atoms with van der Waals surface area (Å²) in [5.41, 5.74) is 3.08. The molecule has 0 unspecified atom stereocenters. The van der Waals surface area contributed by atoms with E-state index in [0.717, 1.165) is 58.8 Å². The van der Waals surface area contributed by atoms with Crippen molar-refractivity contribution in [2.45, 2.75) is 32.5 Å². The molecule has 0 spiro atoms. The Kier molecular flexibility index (Phi) is 8.14. The molecule has 2 aliphatic heterocycles. The summed E-state index contributed by atoms with van der Waals surface area (Å²) < 4.78 is 19.5. The van der Waals surface area contributed by atoms with E-state index >= 15 is 0 Å². The molecular weight excluding hydrogens is 429 g/mol. The van der Waals surface area contributed by atoms with Gasteiger partial charge in [-0.1, -0.05) is 41.9 Å². The molecule has 172 valence electrons. The highest BCUT2D eigenvalue weighted by Gasteiger charge is 2.25. The highest BCUT2D eigenvalue weighted by Crippen LogP contribution is 2.22. The number of carbonyl (C=O) groups excluding carboxylic acids is 1. The average molecular weight is 460 g/mol. The summed E-state index contributed by atoms with van der Waals surface area (Å²) in [5.74, 6) is -0.149.